The molecule has 0 amide bonds. The van der Waals surface area contributed by atoms with Gasteiger partial charge in [-0.05, 0) is 43.5 Å². The molecule has 4 nitrogen and oxygen atoms in total. The maximum atomic E-state index is 5.58. The van der Waals surface area contributed by atoms with E-state index in [1.165, 1.54) is 36.9 Å². The van der Waals surface area contributed by atoms with E-state index in [2.05, 4.69) is 70.5 Å². The van der Waals surface area contributed by atoms with Crippen molar-refractivity contribution >= 4 is 0 Å². The van der Waals surface area contributed by atoms with E-state index in [0.717, 1.165) is 65.6 Å². The Balaban J connectivity index is 1.51. The lowest BCUT2D eigenvalue weighted by molar-refractivity contribution is 0.0342. The van der Waals surface area contributed by atoms with Gasteiger partial charge in [0.2, 0.25) is 0 Å². The predicted molar refractivity (Wildman–Crippen MR) is 127 cm³/mol. The molecule has 2 aliphatic heterocycles. The molecule has 0 aromatic heterocycles. The van der Waals surface area contributed by atoms with Gasteiger partial charge in [0.05, 0.1) is 26.4 Å². The molecule has 2 heterocycles. The van der Waals surface area contributed by atoms with Crippen LogP contribution in [-0.2, 0) is 14.9 Å². The van der Waals surface area contributed by atoms with Crippen LogP contribution in [0.3, 0.4) is 0 Å². The van der Waals surface area contributed by atoms with Gasteiger partial charge in [-0.2, -0.15) is 0 Å². The summed E-state index contributed by atoms with van der Waals surface area (Å²) in [7, 11) is 0. The van der Waals surface area contributed by atoms with Gasteiger partial charge in [-0.1, -0.05) is 67.1 Å². The minimum absolute atomic E-state index is 0.0613. The van der Waals surface area contributed by atoms with Crippen LogP contribution >= 0.6 is 0 Å². The largest absolute Gasteiger partial charge is 0.379 e. The van der Waals surface area contributed by atoms with Crippen LogP contribution in [0.5, 0.6) is 0 Å². The molecule has 0 radical (unpaired) electrons. The lowest BCUT2D eigenvalue weighted by Crippen LogP contribution is -2.40. The first-order chi connectivity index (χ1) is 15.4. The number of hydrogen-bond donors (Lipinski definition) is 0. The van der Waals surface area contributed by atoms with Gasteiger partial charge >= 0.3 is 0 Å². The molecule has 2 aromatic carbocycles. The fourth-order valence-electron chi connectivity index (χ4n) is 5.14. The van der Waals surface area contributed by atoms with E-state index in [0.29, 0.717) is 0 Å². The first kappa shape index (κ1) is 22.5. The molecule has 31 heavy (non-hydrogen) atoms. The molecule has 0 atom stereocenters. The summed E-state index contributed by atoms with van der Waals surface area (Å²) >= 11 is 0. The number of rotatable bonds is 10. The molecular formula is C27H38N2O2. The zero-order chi connectivity index (χ0) is 21.2. The van der Waals surface area contributed by atoms with E-state index in [-0.39, 0.29) is 5.41 Å². The van der Waals surface area contributed by atoms with Crippen molar-refractivity contribution in [2.24, 2.45) is 0 Å². The molecule has 0 aliphatic carbocycles. The second kappa shape index (κ2) is 11.8. The summed E-state index contributed by atoms with van der Waals surface area (Å²) in [6.07, 6.45) is 4.83. The lowest BCUT2D eigenvalue weighted by atomic mass is 9.68. The van der Waals surface area contributed by atoms with Crippen LogP contribution in [0, 0.1) is 0 Å². The maximum Gasteiger partial charge on any atom is 0.0594 e. The Hall–Kier alpha value is -1.72. The highest BCUT2D eigenvalue weighted by Crippen LogP contribution is 2.40. The number of nitrogens with zero attached hydrogens (tertiary/aromatic N) is 2. The summed E-state index contributed by atoms with van der Waals surface area (Å²) in [5, 5.41) is 0. The molecule has 0 spiro atoms. The van der Waals surface area contributed by atoms with Gasteiger partial charge in [0.15, 0.2) is 0 Å². The monoisotopic (exact) mass is 422 g/mol. The maximum absolute atomic E-state index is 5.58. The molecule has 2 saturated heterocycles. The Bertz CT molecular complexity index is 701. The minimum Gasteiger partial charge on any atom is -0.379 e. The minimum atomic E-state index is 0.0613. The Morgan fingerprint density at radius 1 is 0.581 bits per heavy atom. The van der Waals surface area contributed by atoms with E-state index in [9.17, 15) is 0 Å². The third kappa shape index (κ3) is 6.17. The normalized spacial score (nSPS) is 18.8. The van der Waals surface area contributed by atoms with Gasteiger partial charge in [-0.3, -0.25) is 9.80 Å². The molecule has 2 aromatic rings. The zero-order valence-electron chi connectivity index (χ0n) is 18.9. The molecule has 0 N–H and O–H groups in total. The van der Waals surface area contributed by atoms with Crippen LogP contribution in [0.25, 0.3) is 0 Å². The quantitative estimate of drug-likeness (QED) is 0.536. The van der Waals surface area contributed by atoms with Crippen molar-refractivity contribution in [3.8, 4) is 0 Å². The highest BCUT2D eigenvalue weighted by molar-refractivity contribution is 5.39. The van der Waals surface area contributed by atoms with Crippen LogP contribution < -0.4 is 0 Å². The van der Waals surface area contributed by atoms with Gasteiger partial charge in [0.25, 0.3) is 0 Å². The molecule has 0 unspecified atom stereocenters. The number of benzene rings is 2. The number of unbranched alkanes of at least 4 members (excludes halogenated alkanes) is 1. The molecular weight excluding hydrogens is 384 g/mol. The molecule has 2 aliphatic rings. The lowest BCUT2D eigenvalue weighted by Gasteiger charge is -2.38. The van der Waals surface area contributed by atoms with Gasteiger partial charge in [-0.15, -0.1) is 0 Å². The fourth-order valence-corrected chi connectivity index (χ4v) is 5.14. The summed E-state index contributed by atoms with van der Waals surface area (Å²) in [5.41, 5.74) is 2.98. The Labute approximate surface area is 188 Å². The van der Waals surface area contributed by atoms with Gasteiger partial charge in [0.1, 0.15) is 0 Å². The summed E-state index contributed by atoms with van der Waals surface area (Å²) in [5.74, 6) is 0. The molecule has 4 rings (SSSR count). The van der Waals surface area contributed by atoms with Crippen LogP contribution in [0.4, 0.5) is 0 Å². The summed E-state index contributed by atoms with van der Waals surface area (Å²) in [6.45, 7) is 10.1. The van der Waals surface area contributed by atoms with Crippen LogP contribution in [0.2, 0.25) is 0 Å². The van der Waals surface area contributed by atoms with Crippen molar-refractivity contribution < 1.29 is 9.47 Å². The third-order valence-electron chi connectivity index (χ3n) is 7.04. The zero-order valence-corrected chi connectivity index (χ0v) is 18.9. The Morgan fingerprint density at radius 2 is 1.06 bits per heavy atom. The van der Waals surface area contributed by atoms with E-state index in [1.807, 2.05) is 0 Å². The van der Waals surface area contributed by atoms with Crippen molar-refractivity contribution in [3.63, 3.8) is 0 Å². The second-order valence-electron chi connectivity index (χ2n) is 8.93. The average Bonchev–Trinajstić information content (AvgIpc) is 2.86. The van der Waals surface area contributed by atoms with Crippen molar-refractivity contribution in [2.75, 3.05) is 65.7 Å². The van der Waals surface area contributed by atoms with Gasteiger partial charge in [-0.25, -0.2) is 0 Å². The number of ether oxygens (including phenoxy) is 2. The third-order valence-corrected chi connectivity index (χ3v) is 7.04. The van der Waals surface area contributed by atoms with Crippen molar-refractivity contribution in [2.45, 2.75) is 31.1 Å². The van der Waals surface area contributed by atoms with E-state index in [4.69, 9.17) is 9.47 Å². The number of morpholine rings is 2. The smallest absolute Gasteiger partial charge is 0.0594 e. The van der Waals surface area contributed by atoms with E-state index >= 15 is 0 Å². The highest BCUT2D eigenvalue weighted by Gasteiger charge is 2.34. The number of hydrogen-bond acceptors (Lipinski definition) is 4. The molecule has 0 bridgehead atoms. The van der Waals surface area contributed by atoms with Crippen LogP contribution in [0.1, 0.15) is 36.8 Å². The fraction of sp³-hybridized carbons (Fsp3) is 0.556. The SMILES string of the molecule is c1ccc(C(CCCCN2CCOCC2)(CCN2CCOCC2)c2ccccc2)cc1. The predicted octanol–water partition coefficient (Wildman–Crippen LogP) is 4.20. The van der Waals surface area contributed by atoms with E-state index < -0.39 is 0 Å². The molecule has 168 valence electrons. The highest BCUT2D eigenvalue weighted by atomic mass is 16.5. The first-order valence-corrected chi connectivity index (χ1v) is 12.1. The van der Waals surface area contributed by atoms with Gasteiger partial charge < -0.3 is 9.47 Å². The van der Waals surface area contributed by atoms with Crippen molar-refractivity contribution in [3.05, 3.63) is 71.8 Å². The topological polar surface area (TPSA) is 24.9 Å². The molecule has 4 heteroatoms. The standard InChI is InChI=1S/C27H38N2O2/c1-3-9-25(10-4-1)27(26-11-5-2-6-12-26,14-16-29-19-23-31-24-20-29)13-7-8-15-28-17-21-30-22-18-28/h1-6,9-12H,7-8,13-24H2. The molecule has 2 fully saturated rings. The van der Waals surface area contributed by atoms with Crippen LogP contribution in [-0.4, -0.2) is 75.5 Å². The first-order valence-electron chi connectivity index (χ1n) is 12.1. The molecule has 0 saturated carbocycles. The summed E-state index contributed by atoms with van der Waals surface area (Å²) in [4.78, 5) is 5.14. The van der Waals surface area contributed by atoms with Crippen molar-refractivity contribution in [1.29, 1.82) is 0 Å². The second-order valence-corrected chi connectivity index (χ2v) is 8.93. The Morgan fingerprint density at radius 3 is 1.58 bits per heavy atom. The van der Waals surface area contributed by atoms with Crippen LogP contribution in [0.15, 0.2) is 60.7 Å². The van der Waals surface area contributed by atoms with E-state index in [1.54, 1.807) is 0 Å². The summed E-state index contributed by atoms with van der Waals surface area (Å²) < 4.78 is 11.1. The average molecular weight is 423 g/mol. The Kier molecular flexibility index (Phi) is 8.53. The van der Waals surface area contributed by atoms with Crippen molar-refractivity contribution in [1.82, 2.24) is 9.80 Å². The van der Waals surface area contributed by atoms with Gasteiger partial charge in [0, 0.05) is 31.6 Å². The summed E-state index contributed by atoms with van der Waals surface area (Å²) in [6, 6.07) is 22.5.